The molecule has 8 nitrogen and oxygen atoms in total. The molecule has 2 aromatic heterocycles. The van der Waals surface area contributed by atoms with E-state index in [0.717, 1.165) is 81.2 Å². The summed E-state index contributed by atoms with van der Waals surface area (Å²) in [5.74, 6) is 1.26. The van der Waals surface area contributed by atoms with E-state index in [2.05, 4.69) is 25.2 Å². The van der Waals surface area contributed by atoms with E-state index >= 15 is 0 Å². The zero-order valence-electron chi connectivity index (χ0n) is 16.9. The molecule has 2 aromatic rings. The second kappa shape index (κ2) is 8.45. The van der Waals surface area contributed by atoms with Gasteiger partial charge in [-0.05, 0) is 25.8 Å². The first-order valence-corrected chi connectivity index (χ1v) is 10.2. The van der Waals surface area contributed by atoms with Crippen LogP contribution in [0.5, 0.6) is 0 Å². The van der Waals surface area contributed by atoms with Gasteiger partial charge >= 0.3 is 0 Å². The first kappa shape index (κ1) is 19.1. The van der Waals surface area contributed by atoms with Crippen molar-refractivity contribution < 1.29 is 9.53 Å². The number of nitrogens with one attached hydrogen (secondary N) is 1. The lowest BCUT2D eigenvalue weighted by Gasteiger charge is -2.32. The number of ether oxygens (including phenoxy) is 1. The number of aryl methyl sites for hydroxylation is 2. The maximum absolute atomic E-state index is 12.6. The first-order chi connectivity index (χ1) is 13.6. The molecule has 8 heteroatoms. The van der Waals surface area contributed by atoms with Crippen molar-refractivity contribution in [2.24, 2.45) is 13.0 Å². The fraction of sp³-hybridized carbons (Fsp3) is 0.650. The molecule has 4 heterocycles. The zero-order valence-corrected chi connectivity index (χ0v) is 16.9. The number of aromatic nitrogens is 3. The fourth-order valence-electron chi connectivity index (χ4n) is 4.27. The Bertz CT molecular complexity index is 821. The molecule has 0 radical (unpaired) electrons. The van der Waals surface area contributed by atoms with Crippen molar-refractivity contribution in [3.05, 3.63) is 18.0 Å². The Hall–Kier alpha value is -2.19. The van der Waals surface area contributed by atoms with Gasteiger partial charge in [0.25, 0.3) is 0 Å². The maximum Gasteiger partial charge on any atom is 0.223 e. The normalized spacial score (nSPS) is 19.3. The molecule has 2 aliphatic rings. The van der Waals surface area contributed by atoms with Crippen LogP contribution >= 0.6 is 0 Å². The molecule has 1 N–H and O–H groups in total. The molecule has 0 saturated carbocycles. The van der Waals surface area contributed by atoms with Crippen LogP contribution in [0.2, 0.25) is 0 Å². The number of amides is 1. The van der Waals surface area contributed by atoms with Gasteiger partial charge in [-0.15, -0.1) is 0 Å². The molecule has 2 aliphatic heterocycles. The van der Waals surface area contributed by atoms with Gasteiger partial charge in [-0.25, -0.2) is 4.98 Å². The second-order valence-electron chi connectivity index (χ2n) is 7.75. The highest BCUT2D eigenvalue weighted by Crippen LogP contribution is 2.29. The fourth-order valence-corrected chi connectivity index (χ4v) is 4.27. The molecule has 0 aliphatic carbocycles. The summed E-state index contributed by atoms with van der Waals surface area (Å²) < 4.78 is 7.27. The molecule has 2 fully saturated rings. The largest absolute Gasteiger partial charge is 0.379 e. The van der Waals surface area contributed by atoms with Gasteiger partial charge < -0.3 is 15.0 Å². The number of nitrogens with zero attached hydrogens (tertiary/aromatic N) is 5. The Labute approximate surface area is 165 Å². The molecule has 28 heavy (non-hydrogen) atoms. The number of morpholine rings is 1. The molecule has 2 saturated heterocycles. The van der Waals surface area contributed by atoms with Crippen molar-refractivity contribution in [1.82, 2.24) is 25.0 Å². The molecular formula is C20H30N6O2. The van der Waals surface area contributed by atoms with Crippen LogP contribution in [0.15, 0.2) is 12.3 Å². The van der Waals surface area contributed by atoms with Crippen LogP contribution in [0, 0.1) is 12.8 Å². The quantitative estimate of drug-likeness (QED) is 0.824. The number of carbonyl (C=O) groups is 1. The van der Waals surface area contributed by atoms with Gasteiger partial charge in [0.2, 0.25) is 5.91 Å². The summed E-state index contributed by atoms with van der Waals surface area (Å²) in [6.45, 7) is 8.84. The van der Waals surface area contributed by atoms with E-state index < -0.39 is 0 Å². The van der Waals surface area contributed by atoms with Gasteiger partial charge in [-0.3, -0.25) is 14.4 Å². The molecule has 0 bridgehead atoms. The predicted molar refractivity (Wildman–Crippen MR) is 108 cm³/mol. The molecule has 0 aromatic carbocycles. The number of pyridine rings is 1. The van der Waals surface area contributed by atoms with Crippen molar-refractivity contribution in [3.63, 3.8) is 0 Å². The summed E-state index contributed by atoms with van der Waals surface area (Å²) in [6, 6.07) is 2.02. The molecule has 0 atom stereocenters. The lowest BCUT2D eigenvalue weighted by molar-refractivity contribution is -0.125. The number of piperidine rings is 1. The zero-order chi connectivity index (χ0) is 19.5. The van der Waals surface area contributed by atoms with Crippen LogP contribution in [-0.2, 0) is 16.6 Å². The SMILES string of the molecule is Cc1nn(C)c2c(N3CCC(C(=O)NCCN4CCOCC4)CC3)nccc12. The van der Waals surface area contributed by atoms with Crippen LogP contribution in [-0.4, -0.2) is 78.1 Å². The van der Waals surface area contributed by atoms with Crippen molar-refractivity contribution in [3.8, 4) is 0 Å². The summed E-state index contributed by atoms with van der Waals surface area (Å²) in [5.41, 5.74) is 2.10. The van der Waals surface area contributed by atoms with Crippen LogP contribution in [0.4, 0.5) is 5.82 Å². The highest BCUT2D eigenvalue weighted by molar-refractivity contribution is 5.91. The van der Waals surface area contributed by atoms with Crippen molar-refractivity contribution >= 4 is 22.6 Å². The third-order valence-electron chi connectivity index (χ3n) is 5.91. The molecule has 1 amide bonds. The monoisotopic (exact) mass is 386 g/mol. The predicted octanol–water partition coefficient (Wildman–Crippen LogP) is 0.942. The molecule has 0 spiro atoms. The van der Waals surface area contributed by atoms with E-state index in [1.165, 1.54) is 0 Å². The number of hydrogen-bond acceptors (Lipinski definition) is 6. The molecule has 4 rings (SSSR count). The Kier molecular flexibility index (Phi) is 5.77. The standard InChI is InChI=1S/C20H30N6O2/c1-15-17-3-6-21-19(18(17)24(2)23-15)26-8-4-16(5-9-26)20(27)22-7-10-25-11-13-28-14-12-25/h3,6,16H,4-5,7-14H2,1-2H3,(H,22,27). The van der Waals surface area contributed by atoms with Crippen LogP contribution < -0.4 is 10.2 Å². The van der Waals surface area contributed by atoms with E-state index in [4.69, 9.17) is 4.74 Å². The Balaban J connectivity index is 1.30. The second-order valence-corrected chi connectivity index (χ2v) is 7.75. The average Bonchev–Trinajstić information content (AvgIpc) is 3.03. The average molecular weight is 387 g/mol. The molecule has 152 valence electrons. The Morgan fingerprint density at radius 2 is 2.00 bits per heavy atom. The van der Waals surface area contributed by atoms with Gasteiger partial charge in [-0.1, -0.05) is 0 Å². The topological polar surface area (TPSA) is 75.5 Å². The number of carbonyl (C=O) groups excluding carboxylic acids is 1. The third-order valence-corrected chi connectivity index (χ3v) is 5.91. The van der Waals surface area contributed by atoms with Gasteiger partial charge in [0.05, 0.1) is 18.9 Å². The minimum Gasteiger partial charge on any atom is -0.379 e. The smallest absolute Gasteiger partial charge is 0.223 e. The van der Waals surface area contributed by atoms with E-state index in [-0.39, 0.29) is 11.8 Å². The highest BCUT2D eigenvalue weighted by Gasteiger charge is 2.27. The lowest BCUT2D eigenvalue weighted by Crippen LogP contribution is -2.44. The minimum absolute atomic E-state index is 0.0911. The Morgan fingerprint density at radius 3 is 2.75 bits per heavy atom. The number of fused-ring (bicyclic) bond motifs is 1. The van der Waals surface area contributed by atoms with Crippen molar-refractivity contribution in [2.45, 2.75) is 19.8 Å². The minimum atomic E-state index is 0.0911. The van der Waals surface area contributed by atoms with Gasteiger partial charge in [0.1, 0.15) is 5.52 Å². The third kappa shape index (κ3) is 3.98. The van der Waals surface area contributed by atoms with E-state index in [0.29, 0.717) is 6.54 Å². The van der Waals surface area contributed by atoms with E-state index in [1.807, 2.05) is 30.9 Å². The summed E-state index contributed by atoms with van der Waals surface area (Å²) in [6.07, 6.45) is 3.58. The summed E-state index contributed by atoms with van der Waals surface area (Å²) in [5, 5.41) is 8.81. The van der Waals surface area contributed by atoms with Gasteiger partial charge in [0, 0.05) is 63.8 Å². The number of rotatable bonds is 5. The maximum atomic E-state index is 12.6. The van der Waals surface area contributed by atoms with Crippen molar-refractivity contribution in [2.75, 3.05) is 57.4 Å². The molecule has 0 unspecified atom stereocenters. The highest BCUT2D eigenvalue weighted by atomic mass is 16.5. The van der Waals surface area contributed by atoms with Gasteiger partial charge in [0.15, 0.2) is 5.82 Å². The summed E-state index contributed by atoms with van der Waals surface area (Å²) in [4.78, 5) is 21.8. The number of hydrogen-bond donors (Lipinski definition) is 1. The lowest BCUT2D eigenvalue weighted by atomic mass is 9.96. The van der Waals surface area contributed by atoms with E-state index in [9.17, 15) is 4.79 Å². The van der Waals surface area contributed by atoms with Crippen molar-refractivity contribution in [1.29, 1.82) is 0 Å². The van der Waals surface area contributed by atoms with Gasteiger partial charge in [-0.2, -0.15) is 5.10 Å². The van der Waals surface area contributed by atoms with Crippen LogP contribution in [0.3, 0.4) is 0 Å². The van der Waals surface area contributed by atoms with Crippen LogP contribution in [0.1, 0.15) is 18.5 Å². The Morgan fingerprint density at radius 1 is 1.25 bits per heavy atom. The first-order valence-electron chi connectivity index (χ1n) is 10.2. The van der Waals surface area contributed by atoms with Crippen LogP contribution in [0.25, 0.3) is 10.9 Å². The number of anilines is 1. The molecular weight excluding hydrogens is 356 g/mol. The summed E-state index contributed by atoms with van der Waals surface area (Å²) >= 11 is 0. The van der Waals surface area contributed by atoms with E-state index in [1.54, 1.807) is 0 Å². The summed E-state index contributed by atoms with van der Waals surface area (Å²) in [7, 11) is 1.97.